The number of ether oxygens (including phenoxy) is 1. The van der Waals surface area contributed by atoms with Crippen LogP contribution in [0.4, 0.5) is 0 Å². The van der Waals surface area contributed by atoms with Gasteiger partial charge in [-0.1, -0.05) is 24.3 Å². The van der Waals surface area contributed by atoms with E-state index < -0.39 is 5.97 Å². The zero-order valence-corrected chi connectivity index (χ0v) is 10.5. The first-order chi connectivity index (χ1) is 9.72. The van der Waals surface area contributed by atoms with Crippen LogP contribution in [0.2, 0.25) is 0 Å². The second-order valence-electron chi connectivity index (χ2n) is 4.30. The number of carboxylic acid groups (broad SMARTS) is 1. The molecule has 0 unspecified atom stereocenters. The SMILES string of the molecule is O=C(O)c1cccc(Oc2cnc3ccccc3c2)c1. The Morgan fingerprint density at radius 3 is 2.70 bits per heavy atom. The van der Waals surface area contributed by atoms with Crippen LogP contribution >= 0.6 is 0 Å². The molecular weight excluding hydrogens is 254 g/mol. The number of hydrogen-bond acceptors (Lipinski definition) is 3. The van der Waals surface area contributed by atoms with E-state index in [2.05, 4.69) is 4.98 Å². The summed E-state index contributed by atoms with van der Waals surface area (Å²) in [7, 11) is 0. The van der Waals surface area contributed by atoms with Crippen molar-refractivity contribution in [2.45, 2.75) is 0 Å². The Hall–Kier alpha value is -2.88. The molecule has 3 aromatic rings. The molecule has 0 saturated heterocycles. The van der Waals surface area contributed by atoms with Crippen LogP contribution in [0.15, 0.2) is 60.8 Å². The van der Waals surface area contributed by atoms with Crippen LogP contribution in [-0.4, -0.2) is 16.1 Å². The van der Waals surface area contributed by atoms with Crippen molar-refractivity contribution in [3.05, 3.63) is 66.4 Å². The van der Waals surface area contributed by atoms with E-state index in [9.17, 15) is 4.79 Å². The maximum absolute atomic E-state index is 10.9. The zero-order chi connectivity index (χ0) is 13.9. The minimum Gasteiger partial charge on any atom is -0.478 e. The summed E-state index contributed by atoms with van der Waals surface area (Å²) in [5.41, 5.74) is 1.08. The molecule has 98 valence electrons. The highest BCUT2D eigenvalue weighted by atomic mass is 16.5. The van der Waals surface area contributed by atoms with Gasteiger partial charge in [0.2, 0.25) is 0 Å². The summed E-state index contributed by atoms with van der Waals surface area (Å²) in [4.78, 5) is 15.2. The highest BCUT2D eigenvalue weighted by Crippen LogP contribution is 2.24. The Labute approximate surface area is 115 Å². The van der Waals surface area contributed by atoms with Crippen LogP contribution in [0.25, 0.3) is 10.9 Å². The van der Waals surface area contributed by atoms with E-state index in [0.717, 1.165) is 10.9 Å². The maximum Gasteiger partial charge on any atom is 0.335 e. The quantitative estimate of drug-likeness (QED) is 0.784. The molecule has 1 aromatic heterocycles. The number of para-hydroxylation sites is 1. The molecule has 4 heteroatoms. The number of hydrogen-bond donors (Lipinski definition) is 1. The second-order valence-corrected chi connectivity index (χ2v) is 4.30. The zero-order valence-electron chi connectivity index (χ0n) is 10.5. The van der Waals surface area contributed by atoms with E-state index in [1.165, 1.54) is 12.1 Å². The normalized spacial score (nSPS) is 10.4. The van der Waals surface area contributed by atoms with Gasteiger partial charge in [-0.05, 0) is 30.3 Å². The maximum atomic E-state index is 10.9. The molecule has 0 saturated carbocycles. The molecule has 0 spiro atoms. The van der Waals surface area contributed by atoms with Crippen LogP contribution in [0.1, 0.15) is 10.4 Å². The van der Waals surface area contributed by atoms with Crippen molar-refractivity contribution >= 4 is 16.9 Å². The molecule has 0 bridgehead atoms. The van der Waals surface area contributed by atoms with E-state index in [1.807, 2.05) is 30.3 Å². The third-order valence-corrected chi connectivity index (χ3v) is 2.88. The Morgan fingerprint density at radius 2 is 1.85 bits per heavy atom. The fraction of sp³-hybridized carbons (Fsp3) is 0. The highest BCUT2D eigenvalue weighted by molar-refractivity contribution is 5.88. The summed E-state index contributed by atoms with van der Waals surface area (Å²) >= 11 is 0. The fourth-order valence-corrected chi connectivity index (χ4v) is 1.94. The molecule has 3 rings (SSSR count). The number of benzene rings is 2. The van der Waals surface area contributed by atoms with E-state index in [4.69, 9.17) is 9.84 Å². The Kier molecular flexibility index (Phi) is 3.05. The molecule has 1 heterocycles. The van der Waals surface area contributed by atoms with Crippen molar-refractivity contribution in [3.63, 3.8) is 0 Å². The number of rotatable bonds is 3. The molecule has 0 amide bonds. The molecule has 0 atom stereocenters. The van der Waals surface area contributed by atoms with Crippen molar-refractivity contribution in [2.24, 2.45) is 0 Å². The van der Waals surface area contributed by atoms with Gasteiger partial charge in [0, 0.05) is 5.39 Å². The lowest BCUT2D eigenvalue weighted by Crippen LogP contribution is -1.96. The van der Waals surface area contributed by atoms with Gasteiger partial charge in [-0.25, -0.2) is 4.79 Å². The smallest absolute Gasteiger partial charge is 0.335 e. The average Bonchev–Trinajstić information content (AvgIpc) is 2.47. The summed E-state index contributed by atoms with van der Waals surface area (Å²) in [5, 5.41) is 9.92. The second kappa shape index (κ2) is 5.01. The lowest BCUT2D eigenvalue weighted by Gasteiger charge is -2.07. The minimum atomic E-state index is -0.980. The number of carbonyl (C=O) groups is 1. The van der Waals surface area contributed by atoms with E-state index >= 15 is 0 Å². The predicted octanol–water partition coefficient (Wildman–Crippen LogP) is 3.73. The molecule has 0 fully saturated rings. The molecule has 0 aliphatic carbocycles. The summed E-state index contributed by atoms with van der Waals surface area (Å²) in [5.74, 6) is 0.0697. The predicted molar refractivity (Wildman–Crippen MR) is 75.2 cm³/mol. The van der Waals surface area contributed by atoms with Crippen LogP contribution in [0.5, 0.6) is 11.5 Å². The van der Waals surface area contributed by atoms with Gasteiger partial charge in [-0.2, -0.15) is 0 Å². The number of nitrogens with zero attached hydrogens (tertiary/aromatic N) is 1. The summed E-state index contributed by atoms with van der Waals surface area (Å²) in [6, 6.07) is 16.0. The molecule has 0 aliphatic heterocycles. The number of aromatic nitrogens is 1. The molecule has 1 N–H and O–H groups in total. The van der Waals surface area contributed by atoms with Crippen molar-refractivity contribution in [1.82, 2.24) is 4.98 Å². The molecule has 20 heavy (non-hydrogen) atoms. The first kappa shape index (κ1) is 12.2. The van der Waals surface area contributed by atoms with Gasteiger partial charge >= 0.3 is 5.97 Å². The molecule has 0 aliphatic rings. The van der Waals surface area contributed by atoms with Crippen molar-refractivity contribution in [1.29, 1.82) is 0 Å². The molecule has 4 nitrogen and oxygen atoms in total. The Morgan fingerprint density at radius 1 is 1.00 bits per heavy atom. The minimum absolute atomic E-state index is 0.191. The van der Waals surface area contributed by atoms with Crippen LogP contribution in [-0.2, 0) is 0 Å². The van der Waals surface area contributed by atoms with Gasteiger partial charge in [-0.3, -0.25) is 4.98 Å². The van der Waals surface area contributed by atoms with E-state index in [-0.39, 0.29) is 5.56 Å². The first-order valence-electron chi connectivity index (χ1n) is 6.08. The summed E-state index contributed by atoms with van der Waals surface area (Å²) < 4.78 is 5.65. The number of pyridine rings is 1. The number of aromatic carboxylic acids is 1. The van der Waals surface area contributed by atoms with Crippen LogP contribution in [0.3, 0.4) is 0 Å². The lowest BCUT2D eigenvalue weighted by atomic mass is 10.2. The fourth-order valence-electron chi connectivity index (χ4n) is 1.94. The van der Waals surface area contributed by atoms with Crippen LogP contribution in [0, 0.1) is 0 Å². The lowest BCUT2D eigenvalue weighted by molar-refractivity contribution is 0.0696. The standard InChI is InChI=1S/C16H11NO3/c18-16(19)12-5-3-6-13(9-12)20-14-8-11-4-1-2-7-15(11)17-10-14/h1-10H,(H,18,19). The molecular formula is C16H11NO3. The van der Waals surface area contributed by atoms with E-state index in [1.54, 1.807) is 18.3 Å². The number of carboxylic acids is 1. The van der Waals surface area contributed by atoms with E-state index in [0.29, 0.717) is 11.5 Å². The van der Waals surface area contributed by atoms with Crippen molar-refractivity contribution in [2.75, 3.05) is 0 Å². The van der Waals surface area contributed by atoms with Gasteiger partial charge in [0.15, 0.2) is 0 Å². The monoisotopic (exact) mass is 265 g/mol. The number of fused-ring (bicyclic) bond motifs is 1. The summed E-state index contributed by atoms with van der Waals surface area (Å²) in [6.07, 6.45) is 1.62. The largest absolute Gasteiger partial charge is 0.478 e. The van der Waals surface area contributed by atoms with Crippen LogP contribution < -0.4 is 4.74 Å². The first-order valence-corrected chi connectivity index (χ1v) is 6.08. The van der Waals surface area contributed by atoms with Crippen molar-refractivity contribution < 1.29 is 14.6 Å². The Balaban J connectivity index is 1.92. The van der Waals surface area contributed by atoms with Gasteiger partial charge in [0.05, 0.1) is 17.3 Å². The van der Waals surface area contributed by atoms with Gasteiger partial charge in [0.1, 0.15) is 11.5 Å². The third kappa shape index (κ3) is 2.44. The van der Waals surface area contributed by atoms with Gasteiger partial charge in [-0.15, -0.1) is 0 Å². The molecule has 0 radical (unpaired) electrons. The van der Waals surface area contributed by atoms with Gasteiger partial charge in [0.25, 0.3) is 0 Å². The third-order valence-electron chi connectivity index (χ3n) is 2.88. The highest BCUT2D eigenvalue weighted by Gasteiger charge is 2.05. The Bertz CT molecular complexity index is 783. The topological polar surface area (TPSA) is 59.4 Å². The average molecular weight is 265 g/mol. The van der Waals surface area contributed by atoms with Gasteiger partial charge < -0.3 is 9.84 Å². The molecule has 2 aromatic carbocycles. The summed E-state index contributed by atoms with van der Waals surface area (Å²) in [6.45, 7) is 0. The van der Waals surface area contributed by atoms with Crippen molar-refractivity contribution in [3.8, 4) is 11.5 Å².